The van der Waals surface area contributed by atoms with Crippen LogP contribution in [0.5, 0.6) is 0 Å². The van der Waals surface area contributed by atoms with Crippen LogP contribution < -0.4 is 0 Å². The highest BCUT2D eigenvalue weighted by atomic mass is 14.3. The van der Waals surface area contributed by atoms with Gasteiger partial charge in [-0.25, -0.2) is 0 Å². The van der Waals surface area contributed by atoms with Crippen molar-refractivity contribution in [1.29, 1.82) is 0 Å². The summed E-state index contributed by atoms with van der Waals surface area (Å²) in [5, 5.41) is 0. The van der Waals surface area contributed by atoms with Crippen molar-refractivity contribution in [3.8, 4) is 0 Å². The molecule has 1 unspecified atom stereocenters. The third kappa shape index (κ3) is 1.24. The molecule has 0 heteroatoms. The molecular formula is C9H12. The van der Waals surface area contributed by atoms with Crippen LogP contribution in [0.15, 0.2) is 23.8 Å². The Morgan fingerprint density at radius 3 is 2.67 bits per heavy atom. The lowest BCUT2D eigenvalue weighted by Gasteiger charge is -1.81. The van der Waals surface area contributed by atoms with E-state index in [1.165, 1.54) is 31.3 Å². The second-order valence-electron chi connectivity index (χ2n) is 3.16. The maximum absolute atomic E-state index is 3.92. The zero-order valence-electron chi connectivity index (χ0n) is 5.69. The predicted molar refractivity (Wildman–Crippen MR) is 39.2 cm³/mol. The van der Waals surface area contributed by atoms with E-state index in [1.807, 2.05) is 0 Å². The van der Waals surface area contributed by atoms with Gasteiger partial charge in [0.2, 0.25) is 0 Å². The molecule has 0 spiro atoms. The summed E-state index contributed by atoms with van der Waals surface area (Å²) in [4.78, 5) is 0. The van der Waals surface area contributed by atoms with Crippen LogP contribution in [0.1, 0.15) is 25.7 Å². The van der Waals surface area contributed by atoms with Crippen LogP contribution in [-0.4, -0.2) is 0 Å². The molecule has 0 heterocycles. The van der Waals surface area contributed by atoms with E-state index < -0.39 is 0 Å². The zero-order valence-corrected chi connectivity index (χ0v) is 5.69. The van der Waals surface area contributed by atoms with E-state index in [0.29, 0.717) is 0 Å². The van der Waals surface area contributed by atoms with Gasteiger partial charge < -0.3 is 0 Å². The molecule has 0 amide bonds. The molecule has 9 heavy (non-hydrogen) atoms. The van der Waals surface area contributed by atoms with Gasteiger partial charge in [0.1, 0.15) is 0 Å². The number of hydrogen-bond acceptors (Lipinski definition) is 0. The highest BCUT2D eigenvalue weighted by Gasteiger charge is 2.26. The molecule has 2 saturated carbocycles. The van der Waals surface area contributed by atoms with Crippen LogP contribution >= 0.6 is 0 Å². The fourth-order valence-electron chi connectivity index (χ4n) is 1.09. The molecule has 2 aliphatic rings. The van der Waals surface area contributed by atoms with Gasteiger partial charge in [0.05, 0.1) is 0 Å². The Bertz CT molecular complexity index is 168. The summed E-state index contributed by atoms with van der Waals surface area (Å²) in [6.45, 7) is 3.92. The molecule has 0 N–H and O–H groups in total. The Hall–Kier alpha value is -0.520. The molecule has 0 radical (unpaired) electrons. The van der Waals surface area contributed by atoms with Gasteiger partial charge in [0.15, 0.2) is 0 Å². The van der Waals surface area contributed by atoms with Gasteiger partial charge in [-0.05, 0) is 31.6 Å². The second kappa shape index (κ2) is 1.73. The fourth-order valence-corrected chi connectivity index (χ4v) is 1.09. The van der Waals surface area contributed by atoms with Gasteiger partial charge in [-0.15, -0.1) is 0 Å². The van der Waals surface area contributed by atoms with Crippen molar-refractivity contribution in [3.05, 3.63) is 23.8 Å². The van der Waals surface area contributed by atoms with E-state index in [1.54, 1.807) is 5.57 Å². The average molecular weight is 120 g/mol. The van der Waals surface area contributed by atoms with E-state index in [4.69, 9.17) is 0 Å². The zero-order chi connectivity index (χ0) is 6.27. The normalized spacial score (nSPS) is 30.4. The quantitative estimate of drug-likeness (QED) is 0.491. The SMILES string of the molecule is C=C1CC1CC=C1CC1. The first-order valence-electron chi connectivity index (χ1n) is 3.72. The lowest BCUT2D eigenvalue weighted by atomic mass is 10.2. The highest BCUT2D eigenvalue weighted by molar-refractivity contribution is 5.23. The molecular weight excluding hydrogens is 108 g/mol. The van der Waals surface area contributed by atoms with E-state index in [9.17, 15) is 0 Å². The Morgan fingerprint density at radius 2 is 2.22 bits per heavy atom. The topological polar surface area (TPSA) is 0 Å². The van der Waals surface area contributed by atoms with Crippen LogP contribution in [0.25, 0.3) is 0 Å². The minimum absolute atomic E-state index is 0.873. The van der Waals surface area contributed by atoms with Crippen molar-refractivity contribution in [2.75, 3.05) is 0 Å². The van der Waals surface area contributed by atoms with Crippen LogP contribution in [0.3, 0.4) is 0 Å². The average Bonchev–Trinajstić information content (AvgIpc) is 2.60. The standard InChI is InChI=1S/C9H12/c1-7-6-9(7)5-4-8-2-3-8/h4,9H,1-3,5-6H2. The van der Waals surface area contributed by atoms with E-state index in [-0.39, 0.29) is 0 Å². The maximum atomic E-state index is 3.92. The first kappa shape index (κ1) is 5.28. The molecule has 0 aliphatic heterocycles. The number of allylic oxidation sites excluding steroid dienone is 3. The summed E-state index contributed by atoms with van der Waals surface area (Å²) >= 11 is 0. The van der Waals surface area contributed by atoms with Crippen molar-refractivity contribution >= 4 is 0 Å². The van der Waals surface area contributed by atoms with E-state index in [0.717, 1.165) is 5.92 Å². The summed E-state index contributed by atoms with van der Waals surface area (Å²) in [5.74, 6) is 0.873. The summed E-state index contributed by atoms with van der Waals surface area (Å²) in [5.41, 5.74) is 3.14. The van der Waals surface area contributed by atoms with Gasteiger partial charge in [-0.1, -0.05) is 23.8 Å². The van der Waals surface area contributed by atoms with Crippen LogP contribution in [0.4, 0.5) is 0 Å². The molecule has 48 valence electrons. The smallest absolute Gasteiger partial charge is 0.0134 e. The van der Waals surface area contributed by atoms with Crippen LogP contribution in [0, 0.1) is 5.92 Å². The van der Waals surface area contributed by atoms with Gasteiger partial charge in [0.25, 0.3) is 0 Å². The highest BCUT2D eigenvalue weighted by Crippen LogP contribution is 2.40. The first-order chi connectivity index (χ1) is 4.36. The Morgan fingerprint density at radius 1 is 1.56 bits per heavy atom. The minimum Gasteiger partial charge on any atom is -0.0995 e. The molecule has 2 aliphatic carbocycles. The molecule has 1 atom stereocenters. The second-order valence-corrected chi connectivity index (χ2v) is 3.16. The Kier molecular flexibility index (Phi) is 1.01. The lowest BCUT2D eigenvalue weighted by molar-refractivity contribution is 0.891. The molecule has 0 aromatic carbocycles. The van der Waals surface area contributed by atoms with Crippen LogP contribution in [0.2, 0.25) is 0 Å². The van der Waals surface area contributed by atoms with Crippen molar-refractivity contribution < 1.29 is 0 Å². The van der Waals surface area contributed by atoms with Gasteiger partial charge in [-0.2, -0.15) is 0 Å². The lowest BCUT2D eigenvalue weighted by Crippen LogP contribution is -1.67. The van der Waals surface area contributed by atoms with Crippen molar-refractivity contribution in [3.63, 3.8) is 0 Å². The van der Waals surface area contributed by atoms with Crippen molar-refractivity contribution in [2.24, 2.45) is 5.92 Å². The predicted octanol–water partition coefficient (Wildman–Crippen LogP) is 2.67. The summed E-state index contributed by atoms with van der Waals surface area (Å²) < 4.78 is 0. The third-order valence-corrected chi connectivity index (χ3v) is 2.16. The van der Waals surface area contributed by atoms with E-state index >= 15 is 0 Å². The van der Waals surface area contributed by atoms with Crippen molar-refractivity contribution in [2.45, 2.75) is 25.7 Å². The maximum Gasteiger partial charge on any atom is -0.0134 e. The molecule has 0 bridgehead atoms. The largest absolute Gasteiger partial charge is 0.0995 e. The van der Waals surface area contributed by atoms with Gasteiger partial charge in [0, 0.05) is 0 Å². The summed E-state index contributed by atoms with van der Waals surface area (Å²) in [6, 6.07) is 0. The third-order valence-electron chi connectivity index (χ3n) is 2.16. The summed E-state index contributed by atoms with van der Waals surface area (Å²) in [7, 11) is 0. The molecule has 2 rings (SSSR count). The molecule has 0 saturated heterocycles. The molecule has 0 nitrogen and oxygen atoms in total. The first-order valence-corrected chi connectivity index (χ1v) is 3.72. The summed E-state index contributed by atoms with van der Waals surface area (Å²) in [6.07, 6.45) is 7.74. The van der Waals surface area contributed by atoms with E-state index in [2.05, 4.69) is 12.7 Å². The Labute approximate surface area is 56.3 Å². The Balaban J connectivity index is 1.78. The molecule has 0 aromatic heterocycles. The number of hydrogen-bond donors (Lipinski definition) is 0. The van der Waals surface area contributed by atoms with Crippen LogP contribution in [-0.2, 0) is 0 Å². The molecule has 2 fully saturated rings. The van der Waals surface area contributed by atoms with Gasteiger partial charge in [-0.3, -0.25) is 0 Å². The monoisotopic (exact) mass is 120 g/mol. The fraction of sp³-hybridized carbons (Fsp3) is 0.556. The number of rotatable bonds is 2. The van der Waals surface area contributed by atoms with Crippen molar-refractivity contribution in [1.82, 2.24) is 0 Å². The minimum atomic E-state index is 0.873. The molecule has 0 aromatic rings. The van der Waals surface area contributed by atoms with Gasteiger partial charge >= 0.3 is 0 Å².